The van der Waals surface area contributed by atoms with Crippen LogP contribution in [-0.4, -0.2) is 22.1 Å². The molecule has 0 bridgehead atoms. The van der Waals surface area contributed by atoms with Gasteiger partial charge in [0.15, 0.2) is 0 Å². The van der Waals surface area contributed by atoms with Crippen LogP contribution in [0.2, 0.25) is 0 Å². The van der Waals surface area contributed by atoms with E-state index in [0.717, 1.165) is 47.7 Å². The summed E-state index contributed by atoms with van der Waals surface area (Å²) >= 11 is 0. The Morgan fingerprint density at radius 2 is 1.94 bits per heavy atom. The van der Waals surface area contributed by atoms with Crippen LogP contribution in [0.15, 0.2) is 71.5 Å². The summed E-state index contributed by atoms with van der Waals surface area (Å²) in [6.07, 6.45) is 0.622. The van der Waals surface area contributed by atoms with Crippen molar-refractivity contribution in [3.05, 3.63) is 82.7 Å². The maximum absolute atomic E-state index is 14.8. The zero-order valence-corrected chi connectivity index (χ0v) is 22.0. The first-order chi connectivity index (χ1) is 16.8. The normalized spacial score (nSPS) is 21.5. The Morgan fingerprint density at radius 1 is 1.22 bits per heavy atom. The van der Waals surface area contributed by atoms with Crippen molar-refractivity contribution in [1.82, 2.24) is 15.4 Å². The summed E-state index contributed by atoms with van der Waals surface area (Å²) < 4.78 is 54.1. The lowest BCUT2D eigenvalue weighted by Gasteiger charge is -2.43. The Balaban J connectivity index is 1.79. The quantitative estimate of drug-likeness (QED) is 0.322. The molecule has 0 aliphatic carbocycles. The molecule has 2 atom stereocenters. The van der Waals surface area contributed by atoms with Gasteiger partial charge in [-0.05, 0) is 69.6 Å². The Bertz CT molecular complexity index is 1240. The Morgan fingerprint density at radius 3 is 2.53 bits per heavy atom. The Hall–Kier alpha value is -2.70. The van der Waals surface area contributed by atoms with Crippen molar-refractivity contribution in [3.8, 4) is 11.1 Å². The van der Waals surface area contributed by atoms with Gasteiger partial charge in [-0.15, -0.1) is 9.24 Å². The number of alkyl halides is 4. The summed E-state index contributed by atoms with van der Waals surface area (Å²) in [5.41, 5.74) is 5.12. The average Bonchev–Trinajstić information content (AvgIpc) is 3.19. The summed E-state index contributed by atoms with van der Waals surface area (Å²) in [6, 6.07) is 7.39. The summed E-state index contributed by atoms with van der Waals surface area (Å²) in [4.78, 5) is 3.61. The molecule has 4 rings (SSSR count). The van der Waals surface area contributed by atoms with Crippen molar-refractivity contribution in [3.63, 3.8) is 0 Å². The minimum absolute atomic E-state index is 0.181. The van der Waals surface area contributed by atoms with E-state index in [9.17, 15) is 17.6 Å². The first-order valence-corrected chi connectivity index (χ1v) is 12.4. The minimum Gasteiger partial charge on any atom is -0.355 e. The Labute approximate surface area is 211 Å². The molecule has 0 radical (unpaired) electrons. The molecule has 2 aliphatic heterocycles. The molecule has 0 saturated carbocycles. The van der Waals surface area contributed by atoms with Crippen molar-refractivity contribution >= 4 is 14.9 Å². The SMILES string of the molecule is C=C1NN2CCCC2(C)C(P)=C1/C(=C/C)Nc1ccc(C(C)(C)F)cc1-c1ccc(C(F)(F)F)nc1. The van der Waals surface area contributed by atoms with Gasteiger partial charge in [0.1, 0.15) is 11.4 Å². The number of allylic oxidation sites excluding steroid dienone is 1. The summed E-state index contributed by atoms with van der Waals surface area (Å²) in [5, 5.41) is 6.75. The van der Waals surface area contributed by atoms with Gasteiger partial charge in [0, 0.05) is 40.8 Å². The highest BCUT2D eigenvalue weighted by Gasteiger charge is 2.44. The number of pyridine rings is 1. The summed E-state index contributed by atoms with van der Waals surface area (Å²) in [7, 11) is 2.88. The smallest absolute Gasteiger partial charge is 0.355 e. The van der Waals surface area contributed by atoms with E-state index >= 15 is 0 Å². The van der Waals surface area contributed by atoms with Crippen LogP contribution >= 0.6 is 9.24 Å². The van der Waals surface area contributed by atoms with Gasteiger partial charge in [0.2, 0.25) is 0 Å². The predicted octanol–water partition coefficient (Wildman–Crippen LogP) is 7.30. The van der Waals surface area contributed by atoms with Gasteiger partial charge in [-0.25, -0.2) is 9.40 Å². The van der Waals surface area contributed by atoms with Crippen molar-refractivity contribution in [2.45, 2.75) is 57.9 Å². The molecule has 0 spiro atoms. The second-order valence-electron chi connectivity index (χ2n) is 9.90. The summed E-state index contributed by atoms with van der Waals surface area (Å²) in [6.45, 7) is 12.1. The molecule has 4 nitrogen and oxygen atoms in total. The molecule has 2 aliphatic rings. The molecule has 192 valence electrons. The molecule has 2 N–H and O–H groups in total. The van der Waals surface area contributed by atoms with E-state index in [1.807, 2.05) is 13.0 Å². The van der Waals surface area contributed by atoms with E-state index in [-0.39, 0.29) is 5.54 Å². The first kappa shape index (κ1) is 26.4. The Kier molecular flexibility index (Phi) is 6.82. The van der Waals surface area contributed by atoms with Crippen LogP contribution in [-0.2, 0) is 11.8 Å². The minimum atomic E-state index is -4.54. The number of aromatic nitrogens is 1. The highest BCUT2D eigenvalue weighted by molar-refractivity contribution is 7.22. The van der Waals surface area contributed by atoms with Crippen LogP contribution in [0.1, 0.15) is 51.8 Å². The van der Waals surface area contributed by atoms with E-state index in [2.05, 4.69) is 43.5 Å². The van der Waals surface area contributed by atoms with E-state index in [1.54, 1.807) is 18.2 Å². The molecule has 1 saturated heterocycles. The summed E-state index contributed by atoms with van der Waals surface area (Å²) in [5.74, 6) is 0. The lowest BCUT2D eigenvalue weighted by molar-refractivity contribution is -0.141. The molecule has 2 unspecified atom stereocenters. The number of hydrazine groups is 1. The lowest BCUT2D eigenvalue weighted by Crippen LogP contribution is -2.53. The average molecular weight is 519 g/mol. The van der Waals surface area contributed by atoms with Crippen molar-refractivity contribution in [2.24, 2.45) is 0 Å². The van der Waals surface area contributed by atoms with E-state index in [0.29, 0.717) is 22.4 Å². The number of hydrogen-bond acceptors (Lipinski definition) is 4. The van der Waals surface area contributed by atoms with Crippen LogP contribution in [0, 0.1) is 0 Å². The number of benzene rings is 1. The fraction of sp³-hybridized carbons (Fsp3) is 0.370. The highest BCUT2D eigenvalue weighted by Crippen LogP contribution is 2.46. The maximum atomic E-state index is 14.8. The van der Waals surface area contributed by atoms with Gasteiger partial charge in [0.05, 0.1) is 11.2 Å². The van der Waals surface area contributed by atoms with Crippen LogP contribution in [0.5, 0.6) is 0 Å². The van der Waals surface area contributed by atoms with E-state index in [4.69, 9.17) is 0 Å². The number of rotatable bonds is 5. The predicted molar refractivity (Wildman–Crippen MR) is 140 cm³/mol. The number of nitrogens with one attached hydrogen (secondary N) is 2. The van der Waals surface area contributed by atoms with Gasteiger partial charge >= 0.3 is 6.18 Å². The van der Waals surface area contributed by atoms with Crippen LogP contribution < -0.4 is 10.7 Å². The van der Waals surface area contributed by atoms with Crippen LogP contribution in [0.3, 0.4) is 0 Å². The molecule has 1 fully saturated rings. The fourth-order valence-corrected chi connectivity index (χ4v) is 5.42. The van der Waals surface area contributed by atoms with Gasteiger partial charge < -0.3 is 10.7 Å². The number of hydrogen-bond donors (Lipinski definition) is 2. The number of fused-ring (bicyclic) bond motifs is 1. The highest BCUT2D eigenvalue weighted by atomic mass is 31.0. The molecule has 1 aromatic carbocycles. The monoisotopic (exact) mass is 518 g/mol. The third-order valence-corrected chi connectivity index (χ3v) is 7.87. The fourth-order valence-electron chi connectivity index (χ4n) is 4.79. The molecule has 2 aromatic rings. The van der Waals surface area contributed by atoms with Gasteiger partial charge in [-0.3, -0.25) is 4.98 Å². The van der Waals surface area contributed by atoms with Gasteiger partial charge in [-0.2, -0.15) is 13.2 Å². The van der Waals surface area contributed by atoms with Gasteiger partial charge in [-0.1, -0.05) is 24.8 Å². The topological polar surface area (TPSA) is 40.2 Å². The second-order valence-corrected chi connectivity index (χ2v) is 10.5. The van der Waals surface area contributed by atoms with Crippen LogP contribution in [0.4, 0.5) is 23.2 Å². The van der Waals surface area contributed by atoms with Crippen molar-refractivity contribution < 1.29 is 17.6 Å². The van der Waals surface area contributed by atoms with Crippen LogP contribution in [0.25, 0.3) is 11.1 Å². The largest absolute Gasteiger partial charge is 0.433 e. The van der Waals surface area contributed by atoms with E-state index < -0.39 is 17.5 Å². The molecular formula is C27H31F4N4P. The second kappa shape index (κ2) is 9.31. The third kappa shape index (κ3) is 4.81. The zero-order valence-electron chi connectivity index (χ0n) is 20.9. The van der Waals surface area contributed by atoms with Crippen molar-refractivity contribution in [1.29, 1.82) is 0 Å². The van der Waals surface area contributed by atoms with Crippen molar-refractivity contribution in [2.75, 3.05) is 11.9 Å². The van der Waals surface area contributed by atoms with E-state index in [1.165, 1.54) is 26.1 Å². The lowest BCUT2D eigenvalue weighted by atomic mass is 9.91. The third-order valence-electron chi connectivity index (χ3n) is 6.96. The molecule has 0 amide bonds. The standard InChI is InChI=1S/C27H31F4N4P/c1-6-20(23-16(2)34-35-13-7-12-26(35,5)24(23)36)33-21-10-9-18(25(3,4)28)14-19(21)17-8-11-22(32-15-17)27(29,30)31/h6,8-11,14-15,33-34H,2,7,12-13,36H2,1,3-5H3/b20-6-. The number of halogens is 4. The van der Waals surface area contributed by atoms with Gasteiger partial charge in [0.25, 0.3) is 0 Å². The first-order valence-electron chi connectivity index (χ1n) is 11.8. The molecular weight excluding hydrogens is 487 g/mol. The number of anilines is 1. The molecule has 1 aromatic heterocycles. The molecule has 36 heavy (non-hydrogen) atoms. The molecule has 9 heteroatoms. The maximum Gasteiger partial charge on any atom is 0.433 e. The number of nitrogens with zero attached hydrogens (tertiary/aromatic N) is 2. The molecule has 3 heterocycles. The zero-order chi connectivity index (χ0) is 26.5.